The number of anilines is 1. The molecule has 4 rings (SSSR count). The molecule has 0 saturated carbocycles. The van der Waals surface area contributed by atoms with Gasteiger partial charge in [0.15, 0.2) is 11.6 Å². The van der Waals surface area contributed by atoms with E-state index in [1.807, 2.05) is 42.5 Å². The quantitative estimate of drug-likeness (QED) is 0.498. The van der Waals surface area contributed by atoms with Crippen molar-refractivity contribution < 1.29 is 18.7 Å². The highest BCUT2D eigenvalue weighted by Gasteiger charge is 2.50. The van der Waals surface area contributed by atoms with Crippen LogP contribution in [0.2, 0.25) is 0 Å². The highest BCUT2D eigenvalue weighted by molar-refractivity contribution is 9.10. The number of hydrogen-bond acceptors (Lipinski definition) is 3. The van der Waals surface area contributed by atoms with E-state index in [2.05, 4.69) is 21.2 Å². The number of hydrogen-bond donors (Lipinski definition) is 1. The number of ether oxygens (including phenoxy) is 1. The molecular formula is C24H20BrFN2O3. The van der Waals surface area contributed by atoms with E-state index < -0.39 is 11.9 Å². The van der Waals surface area contributed by atoms with Crippen molar-refractivity contribution in [2.75, 3.05) is 5.32 Å². The molecule has 31 heavy (non-hydrogen) atoms. The molecule has 3 aromatic carbocycles. The Balaban J connectivity index is 1.62. The van der Waals surface area contributed by atoms with Crippen molar-refractivity contribution in [2.45, 2.75) is 25.6 Å². The van der Waals surface area contributed by atoms with Crippen LogP contribution in [0.5, 0.6) is 5.75 Å². The predicted molar refractivity (Wildman–Crippen MR) is 119 cm³/mol. The second-order valence-electron chi connectivity index (χ2n) is 7.32. The van der Waals surface area contributed by atoms with Crippen molar-refractivity contribution in [3.05, 3.63) is 94.2 Å². The van der Waals surface area contributed by atoms with E-state index in [9.17, 15) is 14.0 Å². The zero-order chi connectivity index (χ0) is 22.0. The SMILES string of the molecule is CC(=O)Nc1cccc(CN2C(=O)[C@H](Oc3ccccc3F)[C@H]2c2cccc(Br)c2)c1. The Hall–Kier alpha value is -3.19. The first-order valence-electron chi connectivity index (χ1n) is 9.76. The zero-order valence-corrected chi connectivity index (χ0v) is 18.3. The van der Waals surface area contributed by atoms with Gasteiger partial charge in [0.2, 0.25) is 12.0 Å². The van der Waals surface area contributed by atoms with Crippen LogP contribution >= 0.6 is 15.9 Å². The van der Waals surface area contributed by atoms with Crippen molar-refractivity contribution in [3.63, 3.8) is 0 Å². The van der Waals surface area contributed by atoms with Gasteiger partial charge in [-0.3, -0.25) is 9.59 Å². The summed E-state index contributed by atoms with van der Waals surface area (Å²) in [6.45, 7) is 1.78. The van der Waals surface area contributed by atoms with Crippen LogP contribution in [-0.2, 0) is 16.1 Å². The average Bonchev–Trinajstić information content (AvgIpc) is 2.73. The minimum absolute atomic E-state index is 0.0492. The van der Waals surface area contributed by atoms with Gasteiger partial charge in [-0.25, -0.2) is 4.39 Å². The van der Waals surface area contributed by atoms with E-state index in [4.69, 9.17) is 4.74 Å². The molecular weight excluding hydrogens is 463 g/mol. The second kappa shape index (κ2) is 8.89. The van der Waals surface area contributed by atoms with Crippen LogP contribution in [0, 0.1) is 5.82 Å². The van der Waals surface area contributed by atoms with Crippen LogP contribution in [0.1, 0.15) is 24.1 Å². The topological polar surface area (TPSA) is 58.6 Å². The number of carbonyl (C=O) groups is 2. The van der Waals surface area contributed by atoms with Crippen molar-refractivity contribution in [2.24, 2.45) is 0 Å². The molecule has 0 radical (unpaired) electrons. The number of likely N-dealkylation sites (tertiary alicyclic amines) is 1. The van der Waals surface area contributed by atoms with Crippen molar-refractivity contribution in [1.82, 2.24) is 4.90 Å². The minimum Gasteiger partial charge on any atom is -0.475 e. The molecule has 1 aliphatic heterocycles. The number of carbonyl (C=O) groups excluding carboxylic acids is 2. The number of para-hydroxylation sites is 1. The highest BCUT2D eigenvalue weighted by atomic mass is 79.9. The maximum Gasteiger partial charge on any atom is 0.267 e. The molecule has 1 N–H and O–H groups in total. The standard InChI is InChI=1S/C24H20BrFN2O3/c1-15(29)27-19-9-4-6-16(12-19)14-28-22(17-7-5-8-18(25)13-17)23(24(28)30)31-21-11-3-2-10-20(21)26/h2-13,22-23H,14H2,1H3,(H,27,29)/t22-,23-/m1/s1. The van der Waals surface area contributed by atoms with E-state index in [1.165, 1.54) is 19.1 Å². The molecule has 0 bridgehead atoms. The molecule has 0 aliphatic carbocycles. The van der Waals surface area contributed by atoms with Crippen LogP contribution in [0.4, 0.5) is 10.1 Å². The molecule has 5 nitrogen and oxygen atoms in total. The third-order valence-corrected chi connectivity index (χ3v) is 5.52. The highest BCUT2D eigenvalue weighted by Crippen LogP contribution is 2.40. The van der Waals surface area contributed by atoms with Gasteiger partial charge >= 0.3 is 0 Å². The summed E-state index contributed by atoms with van der Waals surface area (Å²) >= 11 is 3.47. The lowest BCUT2D eigenvalue weighted by molar-refractivity contribution is -0.165. The Kier molecular flexibility index (Phi) is 6.04. The maximum absolute atomic E-state index is 14.1. The number of nitrogens with zero attached hydrogens (tertiary/aromatic N) is 1. The fourth-order valence-electron chi connectivity index (χ4n) is 3.68. The van der Waals surface area contributed by atoms with Gasteiger partial charge in [-0.2, -0.15) is 0 Å². The summed E-state index contributed by atoms with van der Waals surface area (Å²) in [5.74, 6) is -0.849. The van der Waals surface area contributed by atoms with Gasteiger partial charge in [-0.05, 0) is 47.5 Å². The fourth-order valence-corrected chi connectivity index (χ4v) is 4.09. The summed E-state index contributed by atoms with van der Waals surface area (Å²) in [4.78, 5) is 26.1. The minimum atomic E-state index is -0.829. The smallest absolute Gasteiger partial charge is 0.267 e. The number of β-lactam (4-membered cyclic amide) rings is 1. The molecule has 7 heteroatoms. The molecule has 0 unspecified atom stereocenters. The first-order chi connectivity index (χ1) is 14.9. The van der Waals surface area contributed by atoms with Crippen LogP contribution in [-0.4, -0.2) is 22.8 Å². The Labute approximate surface area is 188 Å². The molecule has 1 fully saturated rings. The Morgan fingerprint density at radius 3 is 2.61 bits per heavy atom. The number of benzene rings is 3. The molecule has 2 atom stereocenters. The van der Waals surface area contributed by atoms with Gasteiger partial charge < -0.3 is 15.0 Å². The third-order valence-electron chi connectivity index (χ3n) is 5.03. The third kappa shape index (κ3) is 4.61. The van der Waals surface area contributed by atoms with E-state index in [0.29, 0.717) is 12.2 Å². The van der Waals surface area contributed by atoms with E-state index in [-0.39, 0.29) is 23.6 Å². The molecule has 0 spiro atoms. The molecule has 1 aliphatic rings. The lowest BCUT2D eigenvalue weighted by atomic mass is 9.89. The maximum atomic E-state index is 14.1. The van der Waals surface area contributed by atoms with Crippen LogP contribution in [0.15, 0.2) is 77.3 Å². The van der Waals surface area contributed by atoms with Gasteiger partial charge in [-0.15, -0.1) is 0 Å². The summed E-state index contributed by atoms with van der Waals surface area (Å²) in [7, 11) is 0. The normalized spacial score (nSPS) is 17.8. The monoisotopic (exact) mass is 482 g/mol. The average molecular weight is 483 g/mol. The number of halogens is 2. The Morgan fingerprint density at radius 1 is 1.10 bits per heavy atom. The van der Waals surface area contributed by atoms with E-state index >= 15 is 0 Å². The predicted octanol–water partition coefficient (Wildman–Crippen LogP) is 5.08. The van der Waals surface area contributed by atoms with Gasteiger partial charge in [0.05, 0.1) is 0 Å². The van der Waals surface area contributed by atoms with Gasteiger partial charge in [0.25, 0.3) is 5.91 Å². The second-order valence-corrected chi connectivity index (χ2v) is 8.23. The zero-order valence-electron chi connectivity index (χ0n) is 16.7. The molecule has 0 aromatic heterocycles. The molecule has 1 heterocycles. The van der Waals surface area contributed by atoms with E-state index in [1.54, 1.807) is 23.1 Å². The Morgan fingerprint density at radius 2 is 1.87 bits per heavy atom. The molecule has 3 aromatic rings. The van der Waals surface area contributed by atoms with Gasteiger partial charge in [0.1, 0.15) is 6.04 Å². The Bertz CT molecular complexity index is 1140. The summed E-state index contributed by atoms with van der Waals surface area (Å²) in [6, 6.07) is 20.6. The van der Waals surface area contributed by atoms with Crippen LogP contribution < -0.4 is 10.1 Å². The first-order valence-corrected chi connectivity index (χ1v) is 10.6. The molecule has 1 saturated heterocycles. The lowest BCUT2D eigenvalue weighted by Crippen LogP contribution is -2.60. The number of amides is 2. The summed E-state index contributed by atoms with van der Waals surface area (Å²) in [5.41, 5.74) is 2.41. The van der Waals surface area contributed by atoms with Gasteiger partial charge in [0, 0.05) is 23.6 Å². The fraction of sp³-hybridized carbons (Fsp3) is 0.167. The first kappa shape index (κ1) is 21.1. The largest absolute Gasteiger partial charge is 0.475 e. The lowest BCUT2D eigenvalue weighted by Gasteiger charge is -2.47. The van der Waals surface area contributed by atoms with Gasteiger partial charge in [-0.1, -0.05) is 52.3 Å². The van der Waals surface area contributed by atoms with Crippen molar-refractivity contribution >= 4 is 33.4 Å². The summed E-state index contributed by atoms with van der Waals surface area (Å²) in [5, 5.41) is 2.75. The van der Waals surface area contributed by atoms with Crippen LogP contribution in [0.25, 0.3) is 0 Å². The molecule has 158 valence electrons. The molecule has 2 amide bonds. The number of nitrogens with one attached hydrogen (secondary N) is 1. The number of rotatable bonds is 6. The van der Waals surface area contributed by atoms with E-state index in [0.717, 1.165) is 15.6 Å². The summed E-state index contributed by atoms with van der Waals surface area (Å²) < 4.78 is 20.8. The summed E-state index contributed by atoms with van der Waals surface area (Å²) in [6.07, 6.45) is -0.829. The van der Waals surface area contributed by atoms with Crippen LogP contribution in [0.3, 0.4) is 0 Å². The van der Waals surface area contributed by atoms with Crippen molar-refractivity contribution in [1.29, 1.82) is 0 Å². The van der Waals surface area contributed by atoms with Crippen molar-refractivity contribution in [3.8, 4) is 5.75 Å².